The van der Waals surface area contributed by atoms with Gasteiger partial charge < -0.3 is 5.32 Å². The number of carbonyl (C=O) groups excluding carboxylic acids is 1. The number of carbonyl (C=O) groups is 1. The SMILES string of the molecule is N#Cc1cccc(C(=O)NCc2ccnc(-c3ccsc3)c2)c1. The van der Waals surface area contributed by atoms with E-state index in [2.05, 4.69) is 10.3 Å². The second-order valence-electron chi connectivity index (χ2n) is 4.94. The first kappa shape index (κ1) is 14.9. The molecule has 0 saturated heterocycles. The summed E-state index contributed by atoms with van der Waals surface area (Å²) in [5.74, 6) is -0.198. The van der Waals surface area contributed by atoms with E-state index in [0.29, 0.717) is 17.7 Å². The number of thiophene rings is 1. The maximum absolute atomic E-state index is 12.2. The zero-order valence-electron chi connectivity index (χ0n) is 12.2. The van der Waals surface area contributed by atoms with Gasteiger partial charge in [0, 0.05) is 29.2 Å². The molecule has 2 aromatic heterocycles. The molecule has 3 rings (SSSR count). The number of hydrogen-bond donors (Lipinski definition) is 1. The molecular weight excluding hydrogens is 306 g/mol. The highest BCUT2D eigenvalue weighted by Gasteiger charge is 2.07. The molecule has 5 heteroatoms. The summed E-state index contributed by atoms with van der Waals surface area (Å²) < 4.78 is 0. The Labute approximate surface area is 138 Å². The Kier molecular flexibility index (Phi) is 4.46. The van der Waals surface area contributed by atoms with Crippen molar-refractivity contribution in [3.63, 3.8) is 0 Å². The molecule has 0 aliphatic heterocycles. The van der Waals surface area contributed by atoms with E-state index in [1.807, 2.05) is 35.0 Å². The second-order valence-corrected chi connectivity index (χ2v) is 5.72. The van der Waals surface area contributed by atoms with Crippen LogP contribution >= 0.6 is 11.3 Å². The molecule has 0 atom stereocenters. The van der Waals surface area contributed by atoms with Crippen LogP contribution in [-0.4, -0.2) is 10.9 Å². The molecule has 23 heavy (non-hydrogen) atoms. The van der Waals surface area contributed by atoms with Crippen molar-refractivity contribution in [2.24, 2.45) is 0 Å². The van der Waals surface area contributed by atoms with Crippen LogP contribution in [-0.2, 0) is 6.54 Å². The topological polar surface area (TPSA) is 65.8 Å². The largest absolute Gasteiger partial charge is 0.348 e. The van der Waals surface area contributed by atoms with Crippen molar-refractivity contribution in [3.05, 3.63) is 76.1 Å². The zero-order valence-corrected chi connectivity index (χ0v) is 13.0. The predicted octanol–water partition coefficient (Wildman–Crippen LogP) is 3.61. The molecule has 1 aromatic carbocycles. The molecular formula is C18H13N3OS. The number of nitrogens with one attached hydrogen (secondary N) is 1. The number of amides is 1. The Bertz CT molecular complexity index is 866. The van der Waals surface area contributed by atoms with Gasteiger partial charge in [-0.2, -0.15) is 16.6 Å². The van der Waals surface area contributed by atoms with Crippen molar-refractivity contribution in [1.82, 2.24) is 10.3 Å². The summed E-state index contributed by atoms with van der Waals surface area (Å²) in [5.41, 5.74) is 3.90. The Balaban J connectivity index is 1.70. The summed E-state index contributed by atoms with van der Waals surface area (Å²) in [6, 6.07) is 14.5. The van der Waals surface area contributed by atoms with Crippen LogP contribution in [0.3, 0.4) is 0 Å². The highest BCUT2D eigenvalue weighted by molar-refractivity contribution is 7.08. The van der Waals surface area contributed by atoms with E-state index in [4.69, 9.17) is 5.26 Å². The Morgan fingerprint density at radius 3 is 2.96 bits per heavy atom. The summed E-state index contributed by atoms with van der Waals surface area (Å²) >= 11 is 1.62. The van der Waals surface area contributed by atoms with Crippen LogP contribution in [0.4, 0.5) is 0 Å². The quantitative estimate of drug-likeness (QED) is 0.799. The Morgan fingerprint density at radius 2 is 2.17 bits per heavy atom. The molecule has 0 unspecified atom stereocenters. The van der Waals surface area contributed by atoms with E-state index in [0.717, 1.165) is 16.8 Å². The molecule has 0 radical (unpaired) electrons. The van der Waals surface area contributed by atoms with Gasteiger partial charge in [-0.15, -0.1) is 0 Å². The summed E-state index contributed by atoms with van der Waals surface area (Å²) in [6.07, 6.45) is 1.74. The summed E-state index contributed by atoms with van der Waals surface area (Å²) in [6.45, 7) is 0.412. The van der Waals surface area contributed by atoms with E-state index in [1.54, 1.807) is 41.8 Å². The third-order valence-electron chi connectivity index (χ3n) is 3.35. The Morgan fingerprint density at radius 1 is 1.26 bits per heavy atom. The van der Waals surface area contributed by atoms with Gasteiger partial charge in [-0.05, 0) is 47.3 Å². The number of aromatic nitrogens is 1. The molecule has 0 spiro atoms. The zero-order chi connectivity index (χ0) is 16.1. The maximum atomic E-state index is 12.2. The van der Waals surface area contributed by atoms with Gasteiger partial charge in [-0.1, -0.05) is 6.07 Å². The Hall–Kier alpha value is -2.97. The van der Waals surface area contributed by atoms with Crippen molar-refractivity contribution in [1.29, 1.82) is 5.26 Å². The molecule has 2 heterocycles. The van der Waals surface area contributed by atoms with E-state index in [1.165, 1.54) is 0 Å². The molecule has 1 amide bonds. The first-order valence-corrected chi connectivity index (χ1v) is 7.96. The van der Waals surface area contributed by atoms with E-state index in [9.17, 15) is 4.79 Å². The van der Waals surface area contributed by atoms with Gasteiger partial charge in [0.2, 0.25) is 0 Å². The van der Waals surface area contributed by atoms with Crippen LogP contribution in [0, 0.1) is 11.3 Å². The third-order valence-corrected chi connectivity index (χ3v) is 4.03. The van der Waals surface area contributed by atoms with E-state index >= 15 is 0 Å². The van der Waals surface area contributed by atoms with Crippen LogP contribution in [0.1, 0.15) is 21.5 Å². The lowest BCUT2D eigenvalue weighted by molar-refractivity contribution is 0.0951. The number of nitriles is 1. The molecule has 112 valence electrons. The molecule has 4 nitrogen and oxygen atoms in total. The summed E-state index contributed by atoms with van der Waals surface area (Å²) in [5, 5.41) is 15.8. The van der Waals surface area contributed by atoms with Crippen LogP contribution < -0.4 is 5.32 Å². The van der Waals surface area contributed by atoms with Crippen molar-refractivity contribution >= 4 is 17.2 Å². The van der Waals surface area contributed by atoms with Crippen molar-refractivity contribution < 1.29 is 4.79 Å². The number of nitrogens with zero attached hydrogens (tertiary/aromatic N) is 2. The van der Waals surface area contributed by atoms with Gasteiger partial charge in [0.05, 0.1) is 17.3 Å². The molecule has 1 N–H and O–H groups in total. The van der Waals surface area contributed by atoms with Crippen LogP contribution in [0.15, 0.2) is 59.4 Å². The highest BCUT2D eigenvalue weighted by atomic mass is 32.1. The first-order valence-electron chi connectivity index (χ1n) is 7.02. The highest BCUT2D eigenvalue weighted by Crippen LogP contribution is 2.20. The van der Waals surface area contributed by atoms with Crippen molar-refractivity contribution in [3.8, 4) is 17.3 Å². The second kappa shape index (κ2) is 6.86. The lowest BCUT2D eigenvalue weighted by Crippen LogP contribution is -2.22. The molecule has 0 fully saturated rings. The third kappa shape index (κ3) is 3.62. The number of benzene rings is 1. The molecule has 0 bridgehead atoms. The normalized spacial score (nSPS) is 10.0. The van der Waals surface area contributed by atoms with Gasteiger partial charge in [0.25, 0.3) is 5.91 Å². The van der Waals surface area contributed by atoms with E-state index in [-0.39, 0.29) is 5.91 Å². The molecule has 0 aliphatic carbocycles. The van der Waals surface area contributed by atoms with Crippen LogP contribution in [0.5, 0.6) is 0 Å². The van der Waals surface area contributed by atoms with Gasteiger partial charge in [0.1, 0.15) is 0 Å². The minimum absolute atomic E-state index is 0.198. The van der Waals surface area contributed by atoms with Crippen molar-refractivity contribution in [2.45, 2.75) is 6.54 Å². The fourth-order valence-corrected chi connectivity index (χ4v) is 2.82. The summed E-state index contributed by atoms with van der Waals surface area (Å²) in [4.78, 5) is 16.5. The fourth-order valence-electron chi connectivity index (χ4n) is 2.17. The van der Waals surface area contributed by atoms with Crippen LogP contribution in [0.2, 0.25) is 0 Å². The summed E-state index contributed by atoms with van der Waals surface area (Å²) in [7, 11) is 0. The van der Waals surface area contributed by atoms with Gasteiger partial charge in [-0.3, -0.25) is 9.78 Å². The monoisotopic (exact) mass is 319 g/mol. The molecule has 0 aliphatic rings. The van der Waals surface area contributed by atoms with Gasteiger partial charge in [-0.25, -0.2) is 0 Å². The maximum Gasteiger partial charge on any atom is 0.251 e. The average Bonchev–Trinajstić information content (AvgIpc) is 3.14. The van der Waals surface area contributed by atoms with E-state index < -0.39 is 0 Å². The van der Waals surface area contributed by atoms with Gasteiger partial charge in [0.15, 0.2) is 0 Å². The standard InChI is InChI=1S/C18H13N3OS/c19-10-13-2-1-3-15(8-13)18(22)21-11-14-4-6-20-17(9-14)16-5-7-23-12-16/h1-9,12H,11H2,(H,21,22). The number of pyridine rings is 1. The lowest BCUT2D eigenvalue weighted by atomic mass is 10.1. The van der Waals surface area contributed by atoms with Crippen molar-refractivity contribution in [2.75, 3.05) is 0 Å². The molecule has 0 saturated carbocycles. The minimum atomic E-state index is -0.198. The average molecular weight is 319 g/mol. The number of rotatable bonds is 4. The minimum Gasteiger partial charge on any atom is -0.348 e. The first-order chi connectivity index (χ1) is 11.3. The predicted molar refractivity (Wildman–Crippen MR) is 89.9 cm³/mol. The van der Waals surface area contributed by atoms with Gasteiger partial charge >= 0.3 is 0 Å². The lowest BCUT2D eigenvalue weighted by Gasteiger charge is -2.07. The smallest absolute Gasteiger partial charge is 0.251 e. The fraction of sp³-hybridized carbons (Fsp3) is 0.0556. The van der Waals surface area contributed by atoms with Crippen LogP contribution in [0.25, 0.3) is 11.3 Å². The molecule has 3 aromatic rings. The number of hydrogen-bond acceptors (Lipinski definition) is 4.